The second-order valence-electron chi connectivity index (χ2n) is 7.15. The van der Waals surface area contributed by atoms with Crippen molar-refractivity contribution >= 4 is 0 Å². The highest BCUT2D eigenvalue weighted by atomic mass is 16.5. The van der Waals surface area contributed by atoms with Crippen LogP contribution in [0, 0.1) is 10.8 Å². The molecule has 0 aliphatic rings. The van der Waals surface area contributed by atoms with E-state index >= 15 is 0 Å². The molecular formula is C17H34O2. The van der Waals surface area contributed by atoms with Gasteiger partial charge in [-0.2, -0.15) is 0 Å². The van der Waals surface area contributed by atoms with Crippen LogP contribution in [0.4, 0.5) is 0 Å². The van der Waals surface area contributed by atoms with Crippen LogP contribution in [-0.2, 0) is 9.47 Å². The SMILES string of the molecule is C=CCCCCOCC(C)(OC)C(C)(C)C(C)(C)C. The molecule has 0 aromatic heterocycles. The van der Waals surface area contributed by atoms with Gasteiger partial charge in [-0.15, -0.1) is 6.58 Å². The van der Waals surface area contributed by atoms with Crippen LogP contribution in [0.1, 0.15) is 60.8 Å². The number of rotatable bonds is 9. The molecule has 0 radical (unpaired) electrons. The van der Waals surface area contributed by atoms with Crippen molar-refractivity contribution in [3.8, 4) is 0 Å². The quantitative estimate of drug-likeness (QED) is 0.441. The third kappa shape index (κ3) is 4.92. The Morgan fingerprint density at radius 1 is 1.00 bits per heavy atom. The van der Waals surface area contributed by atoms with Gasteiger partial charge >= 0.3 is 0 Å². The fourth-order valence-electron chi connectivity index (χ4n) is 2.05. The van der Waals surface area contributed by atoms with E-state index in [1.165, 1.54) is 0 Å². The van der Waals surface area contributed by atoms with Crippen LogP contribution in [0.2, 0.25) is 0 Å². The maximum absolute atomic E-state index is 5.86. The molecule has 2 heteroatoms. The third-order valence-electron chi connectivity index (χ3n) is 4.97. The fourth-order valence-corrected chi connectivity index (χ4v) is 2.05. The van der Waals surface area contributed by atoms with Crippen molar-refractivity contribution in [3.05, 3.63) is 12.7 Å². The Labute approximate surface area is 120 Å². The topological polar surface area (TPSA) is 18.5 Å². The van der Waals surface area contributed by atoms with Gasteiger partial charge in [0.1, 0.15) is 0 Å². The van der Waals surface area contributed by atoms with E-state index < -0.39 is 0 Å². The zero-order chi connectivity index (χ0) is 15.2. The number of hydrogen-bond acceptors (Lipinski definition) is 2. The second-order valence-corrected chi connectivity index (χ2v) is 7.15. The van der Waals surface area contributed by atoms with E-state index in [1.54, 1.807) is 7.11 Å². The van der Waals surface area contributed by atoms with Gasteiger partial charge < -0.3 is 9.47 Å². The molecule has 1 unspecified atom stereocenters. The van der Waals surface area contributed by atoms with Gasteiger partial charge in [-0.1, -0.05) is 40.7 Å². The van der Waals surface area contributed by atoms with Crippen molar-refractivity contribution in [2.45, 2.75) is 66.4 Å². The molecule has 0 bridgehead atoms. The van der Waals surface area contributed by atoms with E-state index in [0.717, 1.165) is 25.9 Å². The number of hydrogen-bond donors (Lipinski definition) is 0. The van der Waals surface area contributed by atoms with Gasteiger partial charge in [0, 0.05) is 19.1 Å². The molecule has 0 aromatic rings. The molecule has 0 saturated carbocycles. The van der Waals surface area contributed by atoms with Gasteiger partial charge in [-0.3, -0.25) is 0 Å². The first kappa shape index (κ1) is 18.7. The minimum absolute atomic E-state index is 0.0237. The molecule has 0 rings (SSSR count). The first-order valence-corrected chi connectivity index (χ1v) is 7.36. The van der Waals surface area contributed by atoms with Crippen LogP contribution in [0.15, 0.2) is 12.7 Å². The summed E-state index contributed by atoms with van der Waals surface area (Å²) in [4.78, 5) is 0. The Balaban J connectivity index is 4.42. The van der Waals surface area contributed by atoms with Crippen molar-refractivity contribution in [2.24, 2.45) is 10.8 Å². The first-order chi connectivity index (χ1) is 8.62. The Kier molecular flexibility index (Phi) is 7.31. The summed E-state index contributed by atoms with van der Waals surface area (Å²) in [7, 11) is 1.79. The Morgan fingerprint density at radius 2 is 1.58 bits per heavy atom. The molecule has 114 valence electrons. The van der Waals surface area contributed by atoms with Crippen molar-refractivity contribution in [1.82, 2.24) is 0 Å². The molecule has 0 fully saturated rings. The highest BCUT2D eigenvalue weighted by Gasteiger charge is 2.49. The predicted molar refractivity (Wildman–Crippen MR) is 83.5 cm³/mol. The maximum atomic E-state index is 5.86. The van der Waals surface area contributed by atoms with Gasteiger partial charge in [0.2, 0.25) is 0 Å². The van der Waals surface area contributed by atoms with E-state index in [1.807, 2.05) is 6.08 Å². The average molecular weight is 270 g/mol. The van der Waals surface area contributed by atoms with Gasteiger partial charge in [-0.05, 0) is 31.6 Å². The summed E-state index contributed by atoms with van der Waals surface area (Å²) in [6.07, 6.45) is 5.26. The monoisotopic (exact) mass is 270 g/mol. The number of allylic oxidation sites excluding steroid dienone is 1. The largest absolute Gasteiger partial charge is 0.378 e. The van der Waals surface area contributed by atoms with E-state index in [4.69, 9.17) is 9.47 Å². The van der Waals surface area contributed by atoms with Gasteiger partial charge in [-0.25, -0.2) is 0 Å². The normalized spacial score (nSPS) is 16.2. The summed E-state index contributed by atoms with van der Waals surface area (Å²) in [6, 6.07) is 0. The van der Waals surface area contributed by atoms with E-state index in [9.17, 15) is 0 Å². The maximum Gasteiger partial charge on any atom is 0.0938 e. The Bertz CT molecular complexity index is 263. The first-order valence-electron chi connectivity index (χ1n) is 7.36. The summed E-state index contributed by atoms with van der Waals surface area (Å²) in [5.74, 6) is 0. The summed E-state index contributed by atoms with van der Waals surface area (Å²) in [5.41, 5.74) is -0.0937. The van der Waals surface area contributed by atoms with Crippen molar-refractivity contribution < 1.29 is 9.47 Å². The Hall–Kier alpha value is -0.340. The fraction of sp³-hybridized carbons (Fsp3) is 0.882. The minimum atomic E-state index is -0.274. The number of methoxy groups -OCH3 is 1. The molecule has 0 aromatic carbocycles. The van der Waals surface area contributed by atoms with E-state index in [-0.39, 0.29) is 16.4 Å². The lowest BCUT2D eigenvalue weighted by molar-refractivity contribution is -0.166. The molecule has 0 aliphatic carbocycles. The number of ether oxygens (including phenoxy) is 2. The van der Waals surface area contributed by atoms with Crippen LogP contribution in [0.25, 0.3) is 0 Å². The van der Waals surface area contributed by atoms with Gasteiger partial charge in [0.15, 0.2) is 0 Å². The zero-order valence-corrected chi connectivity index (χ0v) is 14.1. The zero-order valence-electron chi connectivity index (χ0n) is 14.1. The highest BCUT2D eigenvalue weighted by molar-refractivity contribution is 4.98. The van der Waals surface area contributed by atoms with Crippen LogP contribution in [-0.4, -0.2) is 25.9 Å². The van der Waals surface area contributed by atoms with Crippen molar-refractivity contribution in [2.75, 3.05) is 20.3 Å². The van der Waals surface area contributed by atoms with Crippen LogP contribution < -0.4 is 0 Å². The lowest BCUT2D eigenvalue weighted by Crippen LogP contribution is -2.54. The average Bonchev–Trinajstić information content (AvgIpc) is 2.31. The van der Waals surface area contributed by atoms with Gasteiger partial charge in [0.05, 0.1) is 12.2 Å². The smallest absolute Gasteiger partial charge is 0.0938 e. The van der Waals surface area contributed by atoms with Crippen LogP contribution in [0.3, 0.4) is 0 Å². The summed E-state index contributed by atoms with van der Waals surface area (Å²) < 4.78 is 11.7. The van der Waals surface area contributed by atoms with Crippen molar-refractivity contribution in [3.63, 3.8) is 0 Å². The highest BCUT2D eigenvalue weighted by Crippen LogP contribution is 2.47. The van der Waals surface area contributed by atoms with E-state index in [2.05, 4.69) is 48.1 Å². The van der Waals surface area contributed by atoms with Crippen LogP contribution in [0.5, 0.6) is 0 Å². The predicted octanol–water partition coefficient (Wildman–Crippen LogP) is 4.84. The number of unbranched alkanes of at least 4 members (excludes halogenated alkanes) is 2. The standard InChI is InChI=1S/C17H34O2/c1-9-10-11-12-13-19-14-17(7,18-8)16(5,6)15(2,3)4/h9H,1,10-14H2,2-8H3. The lowest BCUT2D eigenvalue weighted by atomic mass is 9.60. The summed E-state index contributed by atoms with van der Waals surface area (Å²) in [5, 5.41) is 0. The molecule has 19 heavy (non-hydrogen) atoms. The second kappa shape index (κ2) is 7.44. The van der Waals surface area contributed by atoms with E-state index in [0.29, 0.717) is 6.61 Å². The third-order valence-corrected chi connectivity index (χ3v) is 4.97. The lowest BCUT2D eigenvalue weighted by Gasteiger charge is -2.51. The molecule has 0 heterocycles. The molecule has 0 amide bonds. The molecule has 0 aliphatic heterocycles. The molecular weight excluding hydrogens is 236 g/mol. The molecule has 0 spiro atoms. The summed E-state index contributed by atoms with van der Waals surface area (Å²) in [6.45, 7) is 18.6. The molecule has 0 N–H and O–H groups in total. The molecule has 0 saturated heterocycles. The molecule has 2 nitrogen and oxygen atoms in total. The molecule has 1 atom stereocenters. The van der Waals surface area contributed by atoms with Gasteiger partial charge in [0.25, 0.3) is 0 Å². The minimum Gasteiger partial charge on any atom is -0.378 e. The van der Waals surface area contributed by atoms with Crippen molar-refractivity contribution in [1.29, 1.82) is 0 Å². The van der Waals surface area contributed by atoms with Crippen LogP contribution >= 0.6 is 0 Å². The summed E-state index contributed by atoms with van der Waals surface area (Å²) >= 11 is 0. The Morgan fingerprint density at radius 3 is 2.00 bits per heavy atom.